The van der Waals surface area contributed by atoms with E-state index < -0.39 is 0 Å². The second kappa shape index (κ2) is 7.25. The standard InChI is InChI=1S/C14H24O3/c1-9(2)13(17-14(16)10(3)4)12(6)7-11(5)8-15/h7-10,12-13H,1-6H3/b11-7+/t12-,13+/m0/s1. The molecule has 0 unspecified atom stereocenters. The van der Waals surface area contributed by atoms with E-state index in [1.807, 2.05) is 40.7 Å². The van der Waals surface area contributed by atoms with Gasteiger partial charge in [-0.1, -0.05) is 40.7 Å². The molecule has 0 amide bonds. The van der Waals surface area contributed by atoms with E-state index in [1.54, 1.807) is 6.92 Å². The van der Waals surface area contributed by atoms with Gasteiger partial charge in [-0.3, -0.25) is 9.59 Å². The first kappa shape index (κ1) is 15.9. The lowest BCUT2D eigenvalue weighted by molar-refractivity contribution is -0.157. The van der Waals surface area contributed by atoms with Crippen molar-refractivity contribution in [2.75, 3.05) is 0 Å². The highest BCUT2D eigenvalue weighted by Gasteiger charge is 2.24. The summed E-state index contributed by atoms with van der Waals surface area (Å²) in [5.74, 6) is -0.0430. The Hall–Kier alpha value is -1.12. The van der Waals surface area contributed by atoms with E-state index in [1.165, 1.54) is 0 Å². The Morgan fingerprint density at radius 1 is 1.12 bits per heavy atom. The van der Waals surface area contributed by atoms with Gasteiger partial charge in [0.1, 0.15) is 12.4 Å². The zero-order valence-corrected chi connectivity index (χ0v) is 11.7. The fourth-order valence-corrected chi connectivity index (χ4v) is 1.67. The van der Waals surface area contributed by atoms with E-state index in [9.17, 15) is 9.59 Å². The summed E-state index contributed by atoms with van der Waals surface area (Å²) >= 11 is 0. The minimum atomic E-state index is -0.187. The van der Waals surface area contributed by atoms with Crippen LogP contribution >= 0.6 is 0 Å². The Bertz CT molecular complexity index is 290. The minimum absolute atomic E-state index is 0.0444. The van der Waals surface area contributed by atoms with Crippen LogP contribution in [-0.2, 0) is 14.3 Å². The summed E-state index contributed by atoms with van der Waals surface area (Å²) in [5.41, 5.74) is 0.670. The van der Waals surface area contributed by atoms with Gasteiger partial charge >= 0.3 is 5.97 Å². The molecule has 0 aliphatic heterocycles. The molecule has 98 valence electrons. The number of carbonyl (C=O) groups excluding carboxylic acids is 2. The second-order valence-electron chi connectivity index (χ2n) is 5.19. The third-order valence-corrected chi connectivity index (χ3v) is 2.61. The number of rotatable bonds is 6. The van der Waals surface area contributed by atoms with Gasteiger partial charge < -0.3 is 4.74 Å². The van der Waals surface area contributed by atoms with Gasteiger partial charge in [0.05, 0.1) is 5.92 Å². The molecule has 0 rings (SSSR count). The van der Waals surface area contributed by atoms with Crippen molar-refractivity contribution in [2.45, 2.75) is 47.6 Å². The molecule has 0 heterocycles. The summed E-state index contributed by atoms with van der Waals surface area (Å²) in [5, 5.41) is 0. The van der Waals surface area contributed by atoms with E-state index in [0.29, 0.717) is 5.57 Å². The highest BCUT2D eigenvalue weighted by atomic mass is 16.5. The maximum absolute atomic E-state index is 11.6. The monoisotopic (exact) mass is 240 g/mol. The van der Waals surface area contributed by atoms with Gasteiger partial charge in [-0.05, 0) is 18.4 Å². The van der Waals surface area contributed by atoms with Gasteiger partial charge in [0.25, 0.3) is 0 Å². The zero-order valence-electron chi connectivity index (χ0n) is 11.7. The molecule has 0 aliphatic carbocycles. The predicted octanol–water partition coefficient (Wildman–Crippen LogP) is 2.99. The number of allylic oxidation sites excluding steroid dienone is 1. The maximum atomic E-state index is 11.6. The fourth-order valence-electron chi connectivity index (χ4n) is 1.67. The molecule has 17 heavy (non-hydrogen) atoms. The first-order valence-electron chi connectivity index (χ1n) is 6.13. The Kier molecular flexibility index (Phi) is 6.78. The van der Waals surface area contributed by atoms with E-state index in [-0.39, 0.29) is 29.8 Å². The van der Waals surface area contributed by atoms with Crippen molar-refractivity contribution < 1.29 is 14.3 Å². The third-order valence-electron chi connectivity index (χ3n) is 2.61. The topological polar surface area (TPSA) is 43.4 Å². The molecule has 0 aromatic heterocycles. The molecule has 0 spiro atoms. The van der Waals surface area contributed by atoms with Crippen molar-refractivity contribution in [3.05, 3.63) is 11.6 Å². The molecule has 0 aliphatic rings. The smallest absolute Gasteiger partial charge is 0.308 e. The molecule has 3 heteroatoms. The van der Waals surface area contributed by atoms with E-state index in [0.717, 1.165) is 6.29 Å². The molecule has 0 saturated carbocycles. The lowest BCUT2D eigenvalue weighted by Gasteiger charge is -2.26. The Labute approximate surface area is 104 Å². The van der Waals surface area contributed by atoms with Crippen LogP contribution in [0.2, 0.25) is 0 Å². The van der Waals surface area contributed by atoms with Crippen molar-refractivity contribution in [2.24, 2.45) is 17.8 Å². The Morgan fingerprint density at radius 3 is 2.00 bits per heavy atom. The van der Waals surface area contributed by atoms with Crippen LogP contribution in [0.3, 0.4) is 0 Å². The number of carbonyl (C=O) groups is 2. The van der Waals surface area contributed by atoms with Crippen LogP contribution < -0.4 is 0 Å². The van der Waals surface area contributed by atoms with Crippen LogP contribution in [0.5, 0.6) is 0 Å². The minimum Gasteiger partial charge on any atom is -0.461 e. The van der Waals surface area contributed by atoms with Crippen molar-refractivity contribution in [3.8, 4) is 0 Å². The Balaban J connectivity index is 4.74. The lowest BCUT2D eigenvalue weighted by Crippen LogP contribution is -2.31. The summed E-state index contributed by atoms with van der Waals surface area (Å²) in [6.07, 6.45) is 2.49. The van der Waals surface area contributed by atoms with Crippen LogP contribution in [0.1, 0.15) is 41.5 Å². The zero-order chi connectivity index (χ0) is 13.6. The van der Waals surface area contributed by atoms with Crippen molar-refractivity contribution in [3.63, 3.8) is 0 Å². The molecular weight excluding hydrogens is 216 g/mol. The van der Waals surface area contributed by atoms with Gasteiger partial charge in [0.15, 0.2) is 0 Å². The van der Waals surface area contributed by atoms with Crippen LogP contribution in [0, 0.1) is 17.8 Å². The van der Waals surface area contributed by atoms with Crippen molar-refractivity contribution >= 4 is 12.3 Å². The normalized spacial score (nSPS) is 15.9. The number of esters is 1. The highest BCUT2D eigenvalue weighted by molar-refractivity contribution is 5.72. The van der Waals surface area contributed by atoms with Crippen LogP contribution in [0.4, 0.5) is 0 Å². The maximum Gasteiger partial charge on any atom is 0.308 e. The molecule has 0 bridgehead atoms. The SMILES string of the molecule is C/C(C=O)=C\[C@H](C)[C@H](OC(=O)C(C)C)C(C)C. The first-order chi connectivity index (χ1) is 7.79. The number of hydrogen-bond acceptors (Lipinski definition) is 3. The predicted molar refractivity (Wildman–Crippen MR) is 68.5 cm³/mol. The van der Waals surface area contributed by atoms with Gasteiger partial charge in [-0.15, -0.1) is 0 Å². The second-order valence-corrected chi connectivity index (χ2v) is 5.19. The van der Waals surface area contributed by atoms with Gasteiger partial charge in [0.2, 0.25) is 0 Å². The van der Waals surface area contributed by atoms with E-state index in [4.69, 9.17) is 4.74 Å². The average Bonchev–Trinajstić information content (AvgIpc) is 2.24. The summed E-state index contributed by atoms with van der Waals surface area (Å²) in [6, 6.07) is 0. The largest absolute Gasteiger partial charge is 0.461 e. The molecule has 3 nitrogen and oxygen atoms in total. The fraction of sp³-hybridized carbons (Fsp3) is 0.714. The van der Waals surface area contributed by atoms with Crippen molar-refractivity contribution in [1.29, 1.82) is 0 Å². The highest BCUT2D eigenvalue weighted by Crippen LogP contribution is 2.20. The van der Waals surface area contributed by atoms with Gasteiger partial charge in [-0.25, -0.2) is 0 Å². The number of hydrogen-bond donors (Lipinski definition) is 0. The van der Waals surface area contributed by atoms with Crippen molar-refractivity contribution in [1.82, 2.24) is 0 Å². The Morgan fingerprint density at radius 2 is 1.65 bits per heavy atom. The molecule has 2 atom stereocenters. The quantitative estimate of drug-likeness (QED) is 0.407. The van der Waals surface area contributed by atoms with Crippen LogP contribution in [-0.4, -0.2) is 18.4 Å². The first-order valence-corrected chi connectivity index (χ1v) is 6.13. The van der Waals surface area contributed by atoms with E-state index >= 15 is 0 Å². The summed E-state index contributed by atoms with van der Waals surface area (Å²) in [6.45, 7) is 11.4. The summed E-state index contributed by atoms with van der Waals surface area (Å²) < 4.78 is 5.48. The van der Waals surface area contributed by atoms with Gasteiger partial charge in [0, 0.05) is 5.92 Å². The molecule has 0 fully saturated rings. The molecule has 0 aromatic carbocycles. The number of ether oxygens (including phenoxy) is 1. The molecule has 0 aromatic rings. The molecule has 0 N–H and O–H groups in total. The van der Waals surface area contributed by atoms with Gasteiger partial charge in [-0.2, -0.15) is 0 Å². The van der Waals surface area contributed by atoms with E-state index in [2.05, 4.69) is 0 Å². The number of aldehydes is 1. The molecule has 0 radical (unpaired) electrons. The lowest BCUT2D eigenvalue weighted by atomic mass is 9.93. The summed E-state index contributed by atoms with van der Waals surface area (Å²) in [4.78, 5) is 22.2. The van der Waals surface area contributed by atoms with Crippen LogP contribution in [0.15, 0.2) is 11.6 Å². The molecule has 0 saturated heterocycles. The third kappa shape index (κ3) is 5.66. The summed E-state index contributed by atoms with van der Waals surface area (Å²) in [7, 11) is 0. The average molecular weight is 240 g/mol. The molecular formula is C14H24O3. The van der Waals surface area contributed by atoms with Crippen LogP contribution in [0.25, 0.3) is 0 Å².